The van der Waals surface area contributed by atoms with Gasteiger partial charge in [-0.15, -0.1) is 5.10 Å². The lowest BCUT2D eigenvalue weighted by atomic mass is 10.5. The zero-order valence-electron chi connectivity index (χ0n) is 10.2. The van der Waals surface area contributed by atoms with Crippen LogP contribution in [0.25, 0.3) is 11.2 Å². The molecule has 0 N–H and O–H groups in total. The maximum absolute atomic E-state index is 12.0. The van der Waals surface area contributed by atoms with Gasteiger partial charge in [0.2, 0.25) is 0 Å². The average Bonchev–Trinajstić information content (AvgIpc) is 2.77. The summed E-state index contributed by atoms with van der Waals surface area (Å²) in [6, 6.07) is 0. The molecule has 2 rings (SSSR count). The van der Waals surface area contributed by atoms with E-state index in [4.69, 9.17) is 4.74 Å². The predicted octanol–water partition coefficient (Wildman–Crippen LogP) is -0.429. The van der Waals surface area contributed by atoms with Crippen molar-refractivity contribution in [3.8, 4) is 0 Å². The van der Waals surface area contributed by atoms with Gasteiger partial charge in [0.1, 0.15) is 12.9 Å². The summed E-state index contributed by atoms with van der Waals surface area (Å²) in [6.45, 7) is 4.25. The van der Waals surface area contributed by atoms with Gasteiger partial charge in [-0.05, 0) is 13.8 Å². The zero-order chi connectivity index (χ0) is 13.1. The second-order valence-electron chi connectivity index (χ2n) is 3.56. The van der Waals surface area contributed by atoms with Gasteiger partial charge >= 0.3 is 5.97 Å². The van der Waals surface area contributed by atoms with Crippen LogP contribution in [0.5, 0.6) is 0 Å². The molecule has 0 bridgehead atoms. The molecular formula is C10H13N5O3. The quantitative estimate of drug-likeness (QED) is 0.685. The Bertz CT molecular complexity index is 630. The molecule has 0 unspecified atom stereocenters. The van der Waals surface area contributed by atoms with Crippen molar-refractivity contribution in [2.24, 2.45) is 0 Å². The van der Waals surface area contributed by atoms with Crippen LogP contribution in [0.15, 0.2) is 11.1 Å². The molecule has 0 aromatic carbocycles. The van der Waals surface area contributed by atoms with Gasteiger partial charge in [0.25, 0.3) is 5.56 Å². The van der Waals surface area contributed by atoms with Gasteiger partial charge in [0.05, 0.1) is 6.61 Å². The first-order chi connectivity index (χ1) is 8.67. The molecule has 0 saturated carbocycles. The standard InChI is InChI=1S/C10H13N5O3/c1-3-15-9-8(12-13-15)10(17)14(6-11-9)5-7(16)18-4-2/h6H,3-5H2,1-2H3. The van der Waals surface area contributed by atoms with Gasteiger partial charge < -0.3 is 4.74 Å². The van der Waals surface area contributed by atoms with E-state index in [1.807, 2.05) is 6.92 Å². The molecule has 0 saturated heterocycles. The molecule has 2 aromatic heterocycles. The number of hydrogen-bond donors (Lipinski definition) is 0. The van der Waals surface area contributed by atoms with Crippen LogP contribution in [0.4, 0.5) is 0 Å². The number of rotatable bonds is 4. The summed E-state index contributed by atoms with van der Waals surface area (Å²) < 4.78 is 7.45. The normalized spacial score (nSPS) is 10.8. The van der Waals surface area contributed by atoms with Gasteiger partial charge in [-0.2, -0.15) is 0 Å². The number of aryl methyl sites for hydroxylation is 1. The summed E-state index contributed by atoms with van der Waals surface area (Å²) in [4.78, 5) is 27.4. The minimum Gasteiger partial charge on any atom is -0.465 e. The SMILES string of the molecule is CCOC(=O)Cn1cnc2c(nnn2CC)c1=O. The van der Waals surface area contributed by atoms with E-state index in [9.17, 15) is 9.59 Å². The third kappa shape index (κ3) is 2.08. The van der Waals surface area contributed by atoms with Crippen LogP contribution in [-0.4, -0.2) is 37.1 Å². The third-order valence-corrected chi connectivity index (χ3v) is 2.40. The van der Waals surface area contributed by atoms with E-state index < -0.39 is 11.5 Å². The van der Waals surface area contributed by atoms with E-state index in [2.05, 4.69) is 15.3 Å². The Kier molecular flexibility index (Phi) is 3.35. The Hall–Kier alpha value is -2.25. The molecule has 0 aliphatic rings. The Morgan fingerprint density at radius 2 is 2.22 bits per heavy atom. The van der Waals surface area contributed by atoms with E-state index >= 15 is 0 Å². The topological polar surface area (TPSA) is 91.9 Å². The van der Waals surface area contributed by atoms with Crippen molar-refractivity contribution in [2.75, 3.05) is 6.61 Å². The molecule has 2 aromatic rings. The fourth-order valence-electron chi connectivity index (χ4n) is 1.56. The molecule has 0 spiro atoms. The maximum atomic E-state index is 12.0. The fraction of sp³-hybridized carbons (Fsp3) is 0.500. The van der Waals surface area contributed by atoms with Gasteiger partial charge in [0.15, 0.2) is 11.2 Å². The summed E-state index contributed by atoms with van der Waals surface area (Å²) in [5.41, 5.74) is 0.180. The molecule has 0 atom stereocenters. The Labute approximate surface area is 102 Å². The Morgan fingerprint density at radius 1 is 1.44 bits per heavy atom. The summed E-state index contributed by atoms with van der Waals surface area (Å²) in [7, 11) is 0. The number of ether oxygens (including phenoxy) is 1. The lowest BCUT2D eigenvalue weighted by Gasteiger charge is -2.04. The average molecular weight is 251 g/mol. The van der Waals surface area contributed by atoms with Gasteiger partial charge in [-0.25, -0.2) is 9.67 Å². The lowest BCUT2D eigenvalue weighted by Crippen LogP contribution is -2.26. The van der Waals surface area contributed by atoms with Gasteiger partial charge in [-0.3, -0.25) is 14.2 Å². The van der Waals surface area contributed by atoms with Gasteiger partial charge in [0, 0.05) is 6.54 Å². The second kappa shape index (κ2) is 4.94. The maximum Gasteiger partial charge on any atom is 0.326 e. The van der Waals surface area contributed by atoms with Crippen LogP contribution in [0.1, 0.15) is 13.8 Å². The van der Waals surface area contributed by atoms with E-state index in [0.717, 1.165) is 4.57 Å². The highest BCUT2D eigenvalue weighted by molar-refractivity contribution is 5.71. The molecule has 96 valence electrons. The highest BCUT2D eigenvalue weighted by Gasteiger charge is 2.13. The Balaban J connectivity index is 2.40. The molecule has 18 heavy (non-hydrogen) atoms. The molecule has 0 amide bonds. The number of aromatic nitrogens is 5. The van der Waals surface area contributed by atoms with Crippen LogP contribution in [0.2, 0.25) is 0 Å². The molecule has 0 radical (unpaired) electrons. The van der Waals surface area contributed by atoms with E-state index in [-0.39, 0.29) is 18.7 Å². The first-order valence-corrected chi connectivity index (χ1v) is 5.61. The third-order valence-electron chi connectivity index (χ3n) is 2.40. The minimum absolute atomic E-state index is 0.156. The molecule has 8 heteroatoms. The minimum atomic E-state index is -0.483. The molecule has 0 fully saturated rings. The Morgan fingerprint density at radius 3 is 2.89 bits per heavy atom. The number of hydrogen-bond acceptors (Lipinski definition) is 6. The number of esters is 1. The monoisotopic (exact) mass is 251 g/mol. The highest BCUT2D eigenvalue weighted by atomic mass is 16.5. The van der Waals surface area contributed by atoms with Crippen LogP contribution < -0.4 is 5.56 Å². The van der Waals surface area contributed by atoms with Crippen molar-refractivity contribution < 1.29 is 9.53 Å². The van der Waals surface area contributed by atoms with Crippen molar-refractivity contribution >= 4 is 17.1 Å². The molecular weight excluding hydrogens is 238 g/mol. The second-order valence-corrected chi connectivity index (χ2v) is 3.56. The summed E-state index contributed by atoms with van der Waals surface area (Å²) in [5, 5.41) is 7.57. The van der Waals surface area contributed by atoms with Crippen molar-refractivity contribution in [1.29, 1.82) is 0 Å². The molecule has 2 heterocycles. The first kappa shape index (κ1) is 12.2. The van der Waals surface area contributed by atoms with E-state index in [0.29, 0.717) is 12.2 Å². The largest absolute Gasteiger partial charge is 0.465 e. The summed E-state index contributed by atoms with van der Waals surface area (Å²) in [6.07, 6.45) is 1.30. The summed E-state index contributed by atoms with van der Waals surface area (Å²) in [5.74, 6) is -0.483. The van der Waals surface area contributed by atoms with Crippen LogP contribution >= 0.6 is 0 Å². The molecule has 0 aliphatic carbocycles. The smallest absolute Gasteiger partial charge is 0.326 e. The zero-order valence-corrected chi connectivity index (χ0v) is 10.2. The van der Waals surface area contributed by atoms with E-state index in [1.165, 1.54) is 11.0 Å². The molecule has 8 nitrogen and oxygen atoms in total. The van der Waals surface area contributed by atoms with Crippen molar-refractivity contribution in [1.82, 2.24) is 24.5 Å². The number of carbonyl (C=O) groups excluding carboxylic acids is 1. The number of nitrogens with zero attached hydrogens (tertiary/aromatic N) is 5. The fourth-order valence-corrected chi connectivity index (χ4v) is 1.56. The highest BCUT2D eigenvalue weighted by Crippen LogP contribution is 2.01. The van der Waals surface area contributed by atoms with Gasteiger partial charge in [-0.1, -0.05) is 5.21 Å². The van der Waals surface area contributed by atoms with Crippen molar-refractivity contribution in [3.63, 3.8) is 0 Å². The lowest BCUT2D eigenvalue weighted by molar-refractivity contribution is -0.143. The first-order valence-electron chi connectivity index (χ1n) is 5.61. The molecule has 0 aliphatic heterocycles. The van der Waals surface area contributed by atoms with Crippen molar-refractivity contribution in [3.05, 3.63) is 16.7 Å². The van der Waals surface area contributed by atoms with Crippen LogP contribution in [-0.2, 0) is 22.6 Å². The number of carbonyl (C=O) groups is 1. The predicted molar refractivity (Wildman–Crippen MR) is 61.9 cm³/mol. The van der Waals surface area contributed by atoms with Crippen LogP contribution in [0.3, 0.4) is 0 Å². The van der Waals surface area contributed by atoms with Crippen molar-refractivity contribution in [2.45, 2.75) is 26.9 Å². The summed E-state index contributed by atoms with van der Waals surface area (Å²) >= 11 is 0. The number of fused-ring (bicyclic) bond motifs is 1. The van der Waals surface area contributed by atoms with Crippen LogP contribution in [0, 0.1) is 0 Å². The van der Waals surface area contributed by atoms with E-state index in [1.54, 1.807) is 6.92 Å².